The van der Waals surface area contributed by atoms with Crippen LogP contribution in [-0.2, 0) is 0 Å². The second-order valence-electron chi connectivity index (χ2n) is 4.96. The number of rotatable bonds is 4. The van der Waals surface area contributed by atoms with Gasteiger partial charge in [0.2, 0.25) is 0 Å². The molecule has 1 amide bonds. The molecule has 110 valence electrons. The Hall–Kier alpha value is -2.57. The molecule has 0 saturated heterocycles. The number of pyridine rings is 1. The number of carbonyl (C=O) groups excluding carboxylic acids is 1. The topological polar surface area (TPSA) is 93.8 Å². The molecule has 0 aromatic carbocycles. The molecule has 7 heteroatoms. The normalized spacial score (nSPS) is 10.7. The minimum absolute atomic E-state index is 0.0119. The summed E-state index contributed by atoms with van der Waals surface area (Å²) in [5.74, 6) is -0.708. The lowest BCUT2D eigenvalue weighted by Gasteiger charge is -2.12. The Bertz CT molecular complexity index is 687. The van der Waals surface area contributed by atoms with Gasteiger partial charge in [-0.15, -0.1) is 5.10 Å². The molecule has 0 aliphatic carbocycles. The lowest BCUT2D eigenvalue weighted by molar-refractivity contribution is 0.0995. The zero-order valence-corrected chi connectivity index (χ0v) is 12.0. The van der Waals surface area contributed by atoms with Crippen molar-refractivity contribution in [3.8, 4) is 0 Å². The number of hydrogen-bond donors (Lipinski definition) is 2. The Balaban J connectivity index is 2.40. The summed E-state index contributed by atoms with van der Waals surface area (Å²) in [4.78, 5) is 15.6. The number of amides is 1. The quantitative estimate of drug-likeness (QED) is 0.900. The number of nitrogens with one attached hydrogen (secondary N) is 1. The van der Waals surface area contributed by atoms with Crippen LogP contribution in [0.15, 0.2) is 18.2 Å². The van der Waals surface area contributed by atoms with Crippen LogP contribution in [0.1, 0.15) is 41.6 Å². The zero-order chi connectivity index (χ0) is 15.6. The van der Waals surface area contributed by atoms with Crippen LogP contribution >= 0.6 is 0 Å². The highest BCUT2D eigenvalue weighted by Crippen LogP contribution is 2.22. The Labute approximate surface area is 121 Å². The number of anilines is 2. The van der Waals surface area contributed by atoms with Crippen molar-refractivity contribution in [2.75, 3.05) is 5.32 Å². The number of primary amides is 1. The van der Waals surface area contributed by atoms with Gasteiger partial charge in [-0.2, -0.15) is 5.10 Å². The predicted molar refractivity (Wildman–Crippen MR) is 76.9 cm³/mol. The van der Waals surface area contributed by atoms with Gasteiger partial charge in [-0.25, -0.2) is 9.37 Å². The van der Waals surface area contributed by atoms with Crippen LogP contribution in [0, 0.1) is 12.7 Å². The van der Waals surface area contributed by atoms with Crippen molar-refractivity contribution in [2.45, 2.75) is 26.7 Å². The first-order valence-corrected chi connectivity index (χ1v) is 6.46. The maximum absolute atomic E-state index is 13.6. The highest BCUT2D eigenvalue weighted by molar-refractivity contribution is 5.96. The summed E-state index contributed by atoms with van der Waals surface area (Å²) in [6.45, 7) is 5.44. The Morgan fingerprint density at radius 2 is 2.05 bits per heavy atom. The van der Waals surface area contributed by atoms with Crippen LogP contribution in [-0.4, -0.2) is 21.1 Å². The number of nitrogens with two attached hydrogens (primary N) is 1. The lowest BCUT2D eigenvalue weighted by Crippen LogP contribution is -2.17. The van der Waals surface area contributed by atoms with Gasteiger partial charge in [0.25, 0.3) is 5.91 Å². The van der Waals surface area contributed by atoms with Gasteiger partial charge in [-0.3, -0.25) is 4.79 Å². The standard InChI is InChI=1S/C14H16FN5O/c1-7(2)12-9(15)4-5-11(18-12)17-10-6-8(3)19-20-13(10)14(16)21/h4-7H,1-3H3,(H2,16,21)(H,17,18,19). The molecule has 0 bridgehead atoms. The van der Waals surface area contributed by atoms with E-state index in [0.717, 1.165) is 0 Å². The molecule has 0 fully saturated rings. The molecule has 2 rings (SSSR count). The summed E-state index contributed by atoms with van der Waals surface area (Å²) < 4.78 is 13.6. The van der Waals surface area contributed by atoms with Crippen LogP contribution in [0.2, 0.25) is 0 Å². The molecule has 0 unspecified atom stereocenters. The van der Waals surface area contributed by atoms with Crippen LogP contribution in [0.4, 0.5) is 15.9 Å². The van der Waals surface area contributed by atoms with Crippen molar-refractivity contribution in [2.24, 2.45) is 5.73 Å². The average Bonchev–Trinajstić information content (AvgIpc) is 2.40. The van der Waals surface area contributed by atoms with Crippen molar-refractivity contribution < 1.29 is 9.18 Å². The Kier molecular flexibility index (Phi) is 4.11. The molecule has 0 aliphatic rings. The van der Waals surface area contributed by atoms with Crippen molar-refractivity contribution in [1.82, 2.24) is 15.2 Å². The summed E-state index contributed by atoms with van der Waals surface area (Å²) >= 11 is 0. The molecule has 0 aliphatic heterocycles. The summed E-state index contributed by atoms with van der Waals surface area (Å²) in [6, 6.07) is 4.45. The molecule has 0 spiro atoms. The van der Waals surface area contributed by atoms with Gasteiger partial charge < -0.3 is 11.1 Å². The van der Waals surface area contributed by atoms with E-state index < -0.39 is 5.91 Å². The molecule has 0 saturated carbocycles. The predicted octanol–water partition coefficient (Wildman–Crippen LogP) is 2.29. The minimum Gasteiger partial charge on any atom is -0.364 e. The first-order valence-electron chi connectivity index (χ1n) is 6.46. The van der Waals surface area contributed by atoms with Crippen LogP contribution < -0.4 is 11.1 Å². The zero-order valence-electron chi connectivity index (χ0n) is 12.0. The van der Waals surface area contributed by atoms with E-state index in [4.69, 9.17) is 5.73 Å². The fraction of sp³-hybridized carbons (Fsp3) is 0.286. The van der Waals surface area contributed by atoms with Gasteiger partial charge in [0.05, 0.1) is 17.1 Å². The van der Waals surface area contributed by atoms with E-state index in [1.54, 1.807) is 13.0 Å². The summed E-state index contributed by atoms with van der Waals surface area (Å²) in [5, 5.41) is 10.5. The number of halogens is 1. The summed E-state index contributed by atoms with van der Waals surface area (Å²) in [5.41, 5.74) is 6.63. The number of aromatic nitrogens is 3. The van der Waals surface area contributed by atoms with Gasteiger partial charge in [-0.05, 0) is 31.0 Å². The van der Waals surface area contributed by atoms with Gasteiger partial charge in [-0.1, -0.05) is 13.8 Å². The first-order chi connectivity index (χ1) is 9.88. The van der Waals surface area contributed by atoms with Crippen molar-refractivity contribution in [3.63, 3.8) is 0 Å². The number of hydrogen-bond acceptors (Lipinski definition) is 5. The average molecular weight is 289 g/mol. The van der Waals surface area contributed by atoms with E-state index in [1.807, 2.05) is 13.8 Å². The minimum atomic E-state index is -0.698. The van der Waals surface area contributed by atoms with Gasteiger partial charge in [0, 0.05) is 0 Å². The molecule has 21 heavy (non-hydrogen) atoms. The third kappa shape index (κ3) is 3.31. The van der Waals surface area contributed by atoms with E-state index in [9.17, 15) is 9.18 Å². The summed E-state index contributed by atoms with van der Waals surface area (Å²) in [6.07, 6.45) is 0. The molecule has 0 radical (unpaired) electrons. The first kappa shape index (κ1) is 14.8. The van der Waals surface area contributed by atoms with Crippen LogP contribution in [0.3, 0.4) is 0 Å². The molecule has 2 aromatic heterocycles. The van der Waals surface area contributed by atoms with E-state index >= 15 is 0 Å². The molecular formula is C14H16FN5O. The second-order valence-corrected chi connectivity index (χ2v) is 4.96. The monoisotopic (exact) mass is 289 g/mol. The van der Waals surface area contributed by atoms with E-state index in [2.05, 4.69) is 20.5 Å². The molecule has 2 heterocycles. The highest BCUT2D eigenvalue weighted by Gasteiger charge is 2.14. The van der Waals surface area contributed by atoms with E-state index in [1.165, 1.54) is 12.1 Å². The highest BCUT2D eigenvalue weighted by atomic mass is 19.1. The van der Waals surface area contributed by atoms with Crippen molar-refractivity contribution in [1.29, 1.82) is 0 Å². The largest absolute Gasteiger partial charge is 0.364 e. The van der Waals surface area contributed by atoms with Crippen molar-refractivity contribution >= 4 is 17.4 Å². The lowest BCUT2D eigenvalue weighted by atomic mass is 10.1. The van der Waals surface area contributed by atoms with E-state index in [-0.39, 0.29) is 17.4 Å². The van der Waals surface area contributed by atoms with E-state index in [0.29, 0.717) is 22.9 Å². The van der Waals surface area contributed by atoms with Gasteiger partial charge in [0.15, 0.2) is 5.69 Å². The molecular weight excluding hydrogens is 273 g/mol. The third-order valence-corrected chi connectivity index (χ3v) is 2.83. The smallest absolute Gasteiger partial charge is 0.271 e. The summed E-state index contributed by atoms with van der Waals surface area (Å²) in [7, 11) is 0. The molecule has 2 aromatic rings. The van der Waals surface area contributed by atoms with Crippen LogP contribution in [0.5, 0.6) is 0 Å². The Morgan fingerprint density at radius 3 is 2.67 bits per heavy atom. The molecule has 6 nitrogen and oxygen atoms in total. The number of carbonyl (C=O) groups is 1. The fourth-order valence-corrected chi connectivity index (χ4v) is 1.84. The number of aryl methyl sites for hydroxylation is 1. The second kappa shape index (κ2) is 5.82. The number of nitrogens with zero attached hydrogens (tertiary/aromatic N) is 3. The van der Waals surface area contributed by atoms with Crippen molar-refractivity contribution in [3.05, 3.63) is 41.1 Å². The molecule has 3 N–H and O–H groups in total. The Morgan fingerprint density at radius 1 is 1.33 bits per heavy atom. The SMILES string of the molecule is Cc1cc(Nc2ccc(F)c(C(C)C)n2)c(C(N)=O)nn1. The maximum atomic E-state index is 13.6. The van der Waals surface area contributed by atoms with Gasteiger partial charge >= 0.3 is 0 Å². The molecule has 0 atom stereocenters. The third-order valence-electron chi connectivity index (χ3n) is 2.83. The van der Waals surface area contributed by atoms with Crippen LogP contribution in [0.25, 0.3) is 0 Å². The van der Waals surface area contributed by atoms with Gasteiger partial charge in [0.1, 0.15) is 11.6 Å². The fourth-order valence-electron chi connectivity index (χ4n) is 1.84. The maximum Gasteiger partial charge on any atom is 0.271 e.